The van der Waals surface area contributed by atoms with E-state index in [1.807, 2.05) is 12.1 Å². The van der Waals surface area contributed by atoms with Crippen LogP contribution in [-0.2, 0) is 17.6 Å². The van der Waals surface area contributed by atoms with Crippen LogP contribution in [0.2, 0.25) is 0 Å². The Labute approximate surface area is 139 Å². The Morgan fingerprint density at radius 2 is 1.35 bits per heavy atom. The van der Waals surface area contributed by atoms with Crippen molar-refractivity contribution in [2.24, 2.45) is 0 Å². The van der Waals surface area contributed by atoms with Gasteiger partial charge in [0, 0.05) is 6.04 Å². The molecule has 2 N–H and O–H groups in total. The normalized spacial score (nSPS) is 10.7. The van der Waals surface area contributed by atoms with Gasteiger partial charge in [-0.1, -0.05) is 60.7 Å². The number of carbonyl (C=O) groups is 1. The lowest BCUT2D eigenvalue weighted by molar-refractivity contribution is -0.120. The number of hydrogen-bond acceptors (Lipinski definition) is 2. The second-order valence-corrected chi connectivity index (χ2v) is 5.84. The summed E-state index contributed by atoms with van der Waals surface area (Å²) >= 11 is 0. The fourth-order valence-electron chi connectivity index (χ4n) is 2.70. The zero-order chi connectivity index (χ0) is 16.3. The van der Waals surface area contributed by atoms with Crippen molar-refractivity contribution in [1.82, 2.24) is 10.6 Å². The van der Waals surface area contributed by atoms with Crippen molar-refractivity contribution in [2.75, 3.05) is 13.6 Å². The number of benzene rings is 2. The Balaban J connectivity index is 1.89. The third-order valence-electron chi connectivity index (χ3n) is 3.95. The van der Waals surface area contributed by atoms with Crippen molar-refractivity contribution in [3.8, 4) is 0 Å². The molecule has 0 spiro atoms. The van der Waals surface area contributed by atoms with Gasteiger partial charge in [0.25, 0.3) is 0 Å². The third-order valence-corrected chi connectivity index (χ3v) is 3.95. The minimum atomic E-state index is 0.0682. The molecule has 0 radical (unpaired) electrons. The molecule has 122 valence electrons. The van der Waals surface area contributed by atoms with Gasteiger partial charge in [-0.2, -0.15) is 0 Å². The fraction of sp³-hybridized carbons (Fsp3) is 0.350. The van der Waals surface area contributed by atoms with E-state index in [0.717, 1.165) is 25.7 Å². The van der Waals surface area contributed by atoms with E-state index in [-0.39, 0.29) is 11.9 Å². The van der Waals surface area contributed by atoms with Crippen LogP contribution in [0, 0.1) is 0 Å². The minimum Gasteiger partial charge on any atom is -0.352 e. The molecule has 0 bridgehead atoms. The van der Waals surface area contributed by atoms with Gasteiger partial charge in [0.2, 0.25) is 5.91 Å². The molecule has 0 saturated carbocycles. The molecule has 2 aromatic carbocycles. The van der Waals surface area contributed by atoms with E-state index in [4.69, 9.17) is 0 Å². The molecule has 3 heteroatoms. The monoisotopic (exact) mass is 310 g/mol. The van der Waals surface area contributed by atoms with Crippen LogP contribution in [0.3, 0.4) is 0 Å². The van der Waals surface area contributed by atoms with Crippen molar-refractivity contribution in [3.05, 3.63) is 71.8 Å². The van der Waals surface area contributed by atoms with E-state index < -0.39 is 0 Å². The summed E-state index contributed by atoms with van der Waals surface area (Å²) < 4.78 is 0. The molecule has 2 aromatic rings. The van der Waals surface area contributed by atoms with Gasteiger partial charge in [0.1, 0.15) is 0 Å². The van der Waals surface area contributed by atoms with E-state index in [9.17, 15) is 4.79 Å². The zero-order valence-electron chi connectivity index (χ0n) is 13.8. The lowest BCUT2D eigenvalue weighted by Gasteiger charge is -2.19. The van der Waals surface area contributed by atoms with Crippen molar-refractivity contribution in [2.45, 2.75) is 31.7 Å². The second-order valence-electron chi connectivity index (χ2n) is 5.84. The van der Waals surface area contributed by atoms with E-state index in [1.54, 1.807) is 7.05 Å². The molecule has 0 aliphatic rings. The van der Waals surface area contributed by atoms with Gasteiger partial charge < -0.3 is 10.6 Å². The largest absolute Gasteiger partial charge is 0.352 e. The Bertz CT molecular complexity index is 525. The second kappa shape index (κ2) is 9.80. The van der Waals surface area contributed by atoms with E-state index in [0.29, 0.717) is 6.54 Å². The molecule has 0 unspecified atom stereocenters. The molecule has 0 heterocycles. The van der Waals surface area contributed by atoms with Crippen LogP contribution in [0.4, 0.5) is 0 Å². The average molecular weight is 310 g/mol. The Kier molecular flexibility index (Phi) is 7.34. The molecular weight excluding hydrogens is 284 g/mol. The molecule has 3 nitrogen and oxygen atoms in total. The Hall–Kier alpha value is -2.13. The molecule has 0 saturated heterocycles. The molecule has 23 heavy (non-hydrogen) atoms. The molecule has 2 rings (SSSR count). The summed E-state index contributed by atoms with van der Waals surface area (Å²) in [6.45, 7) is 0.368. The highest BCUT2D eigenvalue weighted by Gasteiger charge is 2.12. The van der Waals surface area contributed by atoms with Crippen molar-refractivity contribution in [1.29, 1.82) is 0 Å². The first-order valence-corrected chi connectivity index (χ1v) is 8.29. The highest BCUT2D eigenvalue weighted by atomic mass is 16.1. The van der Waals surface area contributed by atoms with E-state index in [2.05, 4.69) is 59.2 Å². The lowest BCUT2D eigenvalue weighted by Crippen LogP contribution is -2.40. The van der Waals surface area contributed by atoms with Gasteiger partial charge in [-0.05, 0) is 43.9 Å². The number of rotatable bonds is 9. The maximum absolute atomic E-state index is 11.9. The van der Waals surface area contributed by atoms with Crippen LogP contribution in [0.15, 0.2) is 60.7 Å². The Morgan fingerprint density at radius 3 is 1.78 bits per heavy atom. The molecular formula is C20H26N2O. The summed E-state index contributed by atoms with van der Waals surface area (Å²) in [4.78, 5) is 11.9. The summed E-state index contributed by atoms with van der Waals surface area (Å²) in [7, 11) is 1.79. The topological polar surface area (TPSA) is 41.1 Å². The number of hydrogen-bond donors (Lipinski definition) is 2. The minimum absolute atomic E-state index is 0.0682. The predicted molar refractivity (Wildman–Crippen MR) is 95.4 cm³/mol. The van der Waals surface area contributed by atoms with Crippen LogP contribution >= 0.6 is 0 Å². The number of nitrogens with one attached hydrogen (secondary N) is 2. The smallest absolute Gasteiger partial charge is 0.234 e. The first kappa shape index (κ1) is 17.2. The summed E-state index contributed by atoms with van der Waals surface area (Å²) in [5, 5.41) is 6.07. The lowest BCUT2D eigenvalue weighted by atomic mass is 9.99. The van der Waals surface area contributed by atoms with Gasteiger partial charge in [0.05, 0.1) is 6.54 Å². The fourth-order valence-corrected chi connectivity index (χ4v) is 2.70. The standard InChI is InChI=1S/C20H26N2O/c1-21-16-20(23)22-19(14-12-17-8-4-2-5-9-17)15-13-18-10-6-3-7-11-18/h2-11,19,21H,12-16H2,1H3,(H,22,23). The molecule has 0 aromatic heterocycles. The number of likely N-dealkylation sites (N-methyl/N-ethyl adjacent to an activating group) is 1. The quantitative estimate of drug-likeness (QED) is 0.747. The third kappa shape index (κ3) is 6.66. The van der Waals surface area contributed by atoms with Gasteiger partial charge >= 0.3 is 0 Å². The van der Waals surface area contributed by atoms with Crippen LogP contribution in [0.25, 0.3) is 0 Å². The highest BCUT2D eigenvalue weighted by Crippen LogP contribution is 2.11. The first-order valence-electron chi connectivity index (χ1n) is 8.29. The SMILES string of the molecule is CNCC(=O)NC(CCc1ccccc1)CCc1ccccc1. The van der Waals surface area contributed by atoms with E-state index >= 15 is 0 Å². The summed E-state index contributed by atoms with van der Waals surface area (Å²) in [6, 6.07) is 21.1. The predicted octanol–water partition coefficient (Wildman–Crippen LogP) is 2.96. The molecule has 0 aliphatic carbocycles. The molecule has 1 amide bonds. The van der Waals surface area contributed by atoms with Gasteiger partial charge in [-0.25, -0.2) is 0 Å². The van der Waals surface area contributed by atoms with Crippen molar-refractivity contribution < 1.29 is 4.79 Å². The molecule has 0 fully saturated rings. The van der Waals surface area contributed by atoms with Crippen molar-refractivity contribution in [3.63, 3.8) is 0 Å². The van der Waals surface area contributed by atoms with Crippen LogP contribution < -0.4 is 10.6 Å². The van der Waals surface area contributed by atoms with Crippen molar-refractivity contribution >= 4 is 5.91 Å². The highest BCUT2D eigenvalue weighted by molar-refractivity contribution is 5.78. The zero-order valence-corrected chi connectivity index (χ0v) is 13.8. The average Bonchev–Trinajstić information content (AvgIpc) is 2.59. The molecule has 0 aliphatic heterocycles. The summed E-state index contributed by atoms with van der Waals surface area (Å²) in [5.41, 5.74) is 2.64. The first-order chi connectivity index (χ1) is 11.3. The maximum Gasteiger partial charge on any atom is 0.234 e. The number of amides is 1. The van der Waals surface area contributed by atoms with Gasteiger partial charge in [-0.3, -0.25) is 4.79 Å². The molecule has 0 atom stereocenters. The summed E-state index contributed by atoms with van der Waals surface area (Å²) in [6.07, 6.45) is 3.90. The Morgan fingerprint density at radius 1 is 0.870 bits per heavy atom. The van der Waals surface area contributed by atoms with Crippen LogP contribution in [-0.4, -0.2) is 25.5 Å². The van der Waals surface area contributed by atoms with Crippen LogP contribution in [0.1, 0.15) is 24.0 Å². The van der Waals surface area contributed by atoms with Gasteiger partial charge in [0.15, 0.2) is 0 Å². The van der Waals surface area contributed by atoms with Crippen LogP contribution in [0.5, 0.6) is 0 Å². The summed E-state index contributed by atoms with van der Waals surface area (Å²) in [5.74, 6) is 0.0682. The van der Waals surface area contributed by atoms with Gasteiger partial charge in [-0.15, -0.1) is 0 Å². The van der Waals surface area contributed by atoms with E-state index in [1.165, 1.54) is 11.1 Å². The number of aryl methyl sites for hydroxylation is 2. The number of carbonyl (C=O) groups excluding carboxylic acids is 1. The maximum atomic E-state index is 11.9.